The molecule has 1 heterocycles. The maximum absolute atomic E-state index is 3.76. The van der Waals surface area contributed by atoms with Crippen molar-refractivity contribution in [3.63, 3.8) is 0 Å². The molecule has 1 atom stereocenters. The third-order valence-electron chi connectivity index (χ3n) is 3.79. The Balaban J connectivity index is 0.00000200. The van der Waals surface area contributed by atoms with Gasteiger partial charge in [-0.25, -0.2) is 0 Å². The van der Waals surface area contributed by atoms with Gasteiger partial charge in [0, 0.05) is 36.7 Å². The number of nitrogens with zero attached hydrogens (tertiary/aromatic N) is 1. The van der Waals surface area contributed by atoms with Crippen molar-refractivity contribution >= 4 is 40.7 Å². The summed E-state index contributed by atoms with van der Waals surface area (Å²) in [6, 6.07) is 7.21. The van der Waals surface area contributed by atoms with E-state index in [1.165, 1.54) is 15.6 Å². The van der Waals surface area contributed by atoms with E-state index in [9.17, 15) is 0 Å². The van der Waals surface area contributed by atoms with Gasteiger partial charge in [-0.2, -0.15) is 0 Å². The van der Waals surface area contributed by atoms with Gasteiger partial charge in [-0.3, -0.25) is 4.90 Å². The highest BCUT2D eigenvalue weighted by Crippen LogP contribution is 2.41. The van der Waals surface area contributed by atoms with Gasteiger partial charge in [-0.1, -0.05) is 48.8 Å². The molecular weight excluding hydrogens is 371 g/mol. The topological polar surface area (TPSA) is 15.3 Å². The van der Waals surface area contributed by atoms with Crippen LogP contribution in [-0.2, 0) is 0 Å². The van der Waals surface area contributed by atoms with Crippen LogP contribution in [0.1, 0.15) is 37.9 Å². The summed E-state index contributed by atoms with van der Waals surface area (Å²) >= 11 is 3.76. The predicted octanol–water partition coefficient (Wildman–Crippen LogP) is 4.59. The number of benzene rings is 1. The van der Waals surface area contributed by atoms with Crippen LogP contribution >= 0.6 is 40.7 Å². The van der Waals surface area contributed by atoms with Crippen molar-refractivity contribution in [1.82, 2.24) is 10.2 Å². The summed E-state index contributed by atoms with van der Waals surface area (Å²) in [5.41, 5.74) is 2.96. The number of aryl methyl sites for hydroxylation is 1. The highest BCUT2D eigenvalue weighted by atomic mass is 79.9. The molecule has 21 heavy (non-hydrogen) atoms. The molecule has 1 aromatic rings. The van der Waals surface area contributed by atoms with Crippen LogP contribution < -0.4 is 5.32 Å². The fourth-order valence-corrected chi connectivity index (χ4v) is 3.72. The second kappa shape index (κ2) is 8.73. The van der Waals surface area contributed by atoms with E-state index in [-0.39, 0.29) is 30.2 Å². The average Bonchev–Trinajstić information content (AvgIpc) is 2.32. The molecule has 2 nitrogen and oxygen atoms in total. The van der Waals surface area contributed by atoms with Crippen molar-refractivity contribution in [1.29, 1.82) is 0 Å². The van der Waals surface area contributed by atoms with Crippen LogP contribution in [0.15, 0.2) is 22.7 Å². The van der Waals surface area contributed by atoms with E-state index < -0.39 is 0 Å². The molecule has 1 fully saturated rings. The quantitative estimate of drug-likeness (QED) is 0.784. The highest BCUT2D eigenvalue weighted by molar-refractivity contribution is 9.10. The molecule has 0 amide bonds. The molecule has 0 radical (unpaired) electrons. The van der Waals surface area contributed by atoms with Gasteiger partial charge in [0.1, 0.15) is 0 Å². The van der Waals surface area contributed by atoms with Crippen LogP contribution in [0.4, 0.5) is 0 Å². The lowest BCUT2D eigenvalue weighted by molar-refractivity contribution is 0.0857. The molecule has 1 N–H and O–H groups in total. The van der Waals surface area contributed by atoms with Crippen molar-refractivity contribution in [2.45, 2.75) is 33.7 Å². The number of hydrogen-bond acceptors (Lipinski definition) is 2. The van der Waals surface area contributed by atoms with Gasteiger partial charge in [0.2, 0.25) is 0 Å². The van der Waals surface area contributed by atoms with E-state index in [0.717, 1.165) is 26.2 Å². The monoisotopic (exact) mass is 396 g/mol. The zero-order valence-corrected chi connectivity index (χ0v) is 16.5. The van der Waals surface area contributed by atoms with Gasteiger partial charge in [-0.05, 0) is 29.5 Å². The summed E-state index contributed by atoms with van der Waals surface area (Å²) in [5, 5.41) is 3.44. The van der Waals surface area contributed by atoms with E-state index in [4.69, 9.17) is 0 Å². The Bertz CT molecular complexity index is 440. The fraction of sp³-hybridized carbons (Fsp3) is 0.625. The van der Waals surface area contributed by atoms with Gasteiger partial charge in [0.25, 0.3) is 0 Å². The Labute approximate surface area is 150 Å². The van der Waals surface area contributed by atoms with Crippen LogP contribution in [0, 0.1) is 12.3 Å². The third-order valence-corrected chi connectivity index (χ3v) is 4.47. The molecule has 0 aliphatic carbocycles. The average molecular weight is 398 g/mol. The minimum absolute atomic E-state index is 0. The summed E-state index contributed by atoms with van der Waals surface area (Å²) in [5.74, 6) is 0. The highest BCUT2D eigenvalue weighted by Gasteiger charge is 2.33. The van der Waals surface area contributed by atoms with E-state index >= 15 is 0 Å². The van der Waals surface area contributed by atoms with Gasteiger partial charge in [0.15, 0.2) is 0 Å². The van der Waals surface area contributed by atoms with Gasteiger partial charge >= 0.3 is 0 Å². The zero-order valence-electron chi connectivity index (χ0n) is 13.3. The van der Waals surface area contributed by atoms with Crippen molar-refractivity contribution in [3.05, 3.63) is 33.8 Å². The summed E-state index contributed by atoms with van der Waals surface area (Å²) in [4.78, 5) is 2.62. The van der Waals surface area contributed by atoms with E-state index in [1.807, 2.05) is 0 Å². The Hall–Kier alpha value is 0.200. The van der Waals surface area contributed by atoms with E-state index in [0.29, 0.717) is 6.04 Å². The summed E-state index contributed by atoms with van der Waals surface area (Å²) < 4.78 is 1.24. The van der Waals surface area contributed by atoms with Crippen molar-refractivity contribution < 1.29 is 0 Å². The fourth-order valence-electron chi connectivity index (χ4n) is 3.01. The van der Waals surface area contributed by atoms with Gasteiger partial charge < -0.3 is 5.32 Å². The van der Waals surface area contributed by atoms with Crippen LogP contribution in [0.5, 0.6) is 0 Å². The van der Waals surface area contributed by atoms with Crippen molar-refractivity contribution in [3.8, 4) is 0 Å². The Kier molecular flexibility index (Phi) is 8.82. The maximum atomic E-state index is 3.76. The molecule has 0 unspecified atom stereocenters. The first-order chi connectivity index (χ1) is 8.89. The molecule has 1 aliphatic heterocycles. The molecule has 2 rings (SSSR count). The SMILES string of the molecule is Cc1ccc([C@@H](N2CCNCC2)C(C)(C)C)c(Br)c1.Cl.Cl. The standard InChI is InChI=1S/C16H25BrN2.2ClH/c1-12-5-6-13(14(17)11-12)15(16(2,3)4)19-9-7-18-8-10-19;;/h5-6,11,15,18H,7-10H2,1-4H3;2*1H/t15-;;/m1../s1. The lowest BCUT2D eigenvalue weighted by Crippen LogP contribution is -2.48. The molecule has 1 saturated heterocycles. The van der Waals surface area contributed by atoms with E-state index in [1.54, 1.807) is 0 Å². The van der Waals surface area contributed by atoms with Crippen LogP contribution in [0.25, 0.3) is 0 Å². The van der Waals surface area contributed by atoms with Gasteiger partial charge in [0.05, 0.1) is 0 Å². The first kappa shape index (κ1) is 21.2. The minimum atomic E-state index is 0. The second-order valence-electron chi connectivity index (χ2n) is 6.58. The molecular formula is C16H27BrCl2N2. The number of rotatable bonds is 2. The van der Waals surface area contributed by atoms with Crippen molar-refractivity contribution in [2.75, 3.05) is 26.2 Å². The number of piperazine rings is 1. The first-order valence-electron chi connectivity index (χ1n) is 7.10. The van der Waals surface area contributed by atoms with Crippen LogP contribution in [-0.4, -0.2) is 31.1 Å². The Morgan fingerprint density at radius 1 is 1.14 bits per heavy atom. The zero-order chi connectivity index (χ0) is 14.0. The Morgan fingerprint density at radius 2 is 1.71 bits per heavy atom. The van der Waals surface area contributed by atoms with Crippen LogP contribution in [0.3, 0.4) is 0 Å². The molecule has 0 saturated carbocycles. The Morgan fingerprint density at radius 3 is 2.19 bits per heavy atom. The van der Waals surface area contributed by atoms with Crippen molar-refractivity contribution in [2.24, 2.45) is 5.41 Å². The largest absolute Gasteiger partial charge is 0.314 e. The van der Waals surface area contributed by atoms with E-state index in [2.05, 4.69) is 72.0 Å². The normalized spacial score (nSPS) is 17.6. The smallest absolute Gasteiger partial charge is 0.0408 e. The lowest BCUT2D eigenvalue weighted by Gasteiger charge is -2.43. The molecule has 0 spiro atoms. The first-order valence-corrected chi connectivity index (χ1v) is 7.90. The second-order valence-corrected chi connectivity index (χ2v) is 7.43. The molecule has 0 bridgehead atoms. The molecule has 1 aromatic carbocycles. The summed E-state index contributed by atoms with van der Waals surface area (Å²) in [6.45, 7) is 13.6. The predicted molar refractivity (Wildman–Crippen MR) is 100 cm³/mol. The summed E-state index contributed by atoms with van der Waals surface area (Å²) in [7, 11) is 0. The minimum Gasteiger partial charge on any atom is -0.314 e. The maximum Gasteiger partial charge on any atom is 0.0408 e. The number of nitrogens with one attached hydrogen (secondary N) is 1. The number of hydrogen-bond donors (Lipinski definition) is 1. The third kappa shape index (κ3) is 5.40. The molecule has 0 aromatic heterocycles. The number of halogens is 3. The van der Waals surface area contributed by atoms with Gasteiger partial charge in [-0.15, -0.1) is 24.8 Å². The molecule has 1 aliphatic rings. The van der Waals surface area contributed by atoms with Crippen LogP contribution in [0.2, 0.25) is 0 Å². The summed E-state index contributed by atoms with van der Waals surface area (Å²) in [6.07, 6.45) is 0. The molecule has 122 valence electrons. The lowest BCUT2D eigenvalue weighted by atomic mass is 9.80. The molecule has 5 heteroatoms.